The zero-order valence-corrected chi connectivity index (χ0v) is 14.4. The number of hydrogen-bond donors (Lipinski definition) is 1. The Morgan fingerprint density at radius 3 is 2.81 bits per heavy atom. The van der Waals surface area contributed by atoms with Crippen molar-refractivity contribution in [3.8, 4) is 34.5 Å². The van der Waals surface area contributed by atoms with Gasteiger partial charge in [0, 0.05) is 17.7 Å². The van der Waals surface area contributed by atoms with Crippen LogP contribution in [-0.4, -0.2) is 38.4 Å². The topological polar surface area (TPSA) is 78.7 Å². The van der Waals surface area contributed by atoms with Crippen molar-refractivity contribution in [3.05, 3.63) is 34.9 Å². The highest BCUT2D eigenvalue weighted by molar-refractivity contribution is 6.10. The summed E-state index contributed by atoms with van der Waals surface area (Å²) in [5.74, 6) is 2.97. The van der Waals surface area contributed by atoms with E-state index >= 15 is 0 Å². The SMILES string of the molecule is COc1ccc2c(c1OC)Oc1c3c(cc4c1C(=NCC4)[C@H]2O)OCO3. The van der Waals surface area contributed by atoms with Gasteiger partial charge in [0.15, 0.2) is 23.0 Å². The largest absolute Gasteiger partial charge is 0.493 e. The normalized spacial score (nSPS) is 18.9. The van der Waals surface area contributed by atoms with E-state index in [4.69, 9.17) is 23.7 Å². The van der Waals surface area contributed by atoms with E-state index < -0.39 is 6.10 Å². The number of hydrogen-bond acceptors (Lipinski definition) is 7. The van der Waals surface area contributed by atoms with Crippen LogP contribution in [0.15, 0.2) is 23.2 Å². The van der Waals surface area contributed by atoms with Crippen molar-refractivity contribution in [2.45, 2.75) is 12.5 Å². The standard InChI is InChI=1S/C19H17NO6/c1-22-11-4-3-10-15(21)14-13-9(5-6-20-14)7-12-18(25-8-24-12)19(13)26-16(10)17(11)23-2/h3-4,7,15,21H,5-6,8H2,1-2H3/t15-/m0/s1. The second-order valence-corrected chi connectivity index (χ2v) is 6.21. The fourth-order valence-corrected chi connectivity index (χ4v) is 3.72. The van der Waals surface area contributed by atoms with Gasteiger partial charge in [0.1, 0.15) is 6.10 Å². The summed E-state index contributed by atoms with van der Waals surface area (Å²) in [6.45, 7) is 0.729. The fraction of sp³-hybridized carbons (Fsp3) is 0.316. The van der Waals surface area contributed by atoms with Crippen molar-refractivity contribution in [2.75, 3.05) is 27.6 Å². The molecule has 3 heterocycles. The molecule has 3 aliphatic rings. The maximum atomic E-state index is 11.1. The van der Waals surface area contributed by atoms with Crippen LogP contribution < -0.4 is 23.7 Å². The average Bonchev–Trinajstić information content (AvgIpc) is 3.09. The molecule has 0 bridgehead atoms. The van der Waals surface area contributed by atoms with Crippen LogP contribution in [0.5, 0.6) is 34.5 Å². The smallest absolute Gasteiger partial charge is 0.231 e. The van der Waals surface area contributed by atoms with Crippen LogP contribution in [0, 0.1) is 0 Å². The summed E-state index contributed by atoms with van der Waals surface area (Å²) in [4.78, 5) is 4.58. The molecule has 0 aromatic heterocycles. The number of aliphatic hydroxyl groups excluding tert-OH is 1. The highest BCUT2D eigenvalue weighted by Gasteiger charge is 2.38. The van der Waals surface area contributed by atoms with Crippen molar-refractivity contribution in [1.82, 2.24) is 0 Å². The number of fused-ring (bicyclic) bond motifs is 3. The van der Waals surface area contributed by atoms with Crippen LogP contribution in [0.1, 0.15) is 22.8 Å². The van der Waals surface area contributed by atoms with E-state index in [0.717, 1.165) is 17.5 Å². The van der Waals surface area contributed by atoms with Gasteiger partial charge in [0.25, 0.3) is 0 Å². The summed E-state index contributed by atoms with van der Waals surface area (Å²) < 4.78 is 28.4. The molecule has 0 spiro atoms. The first-order valence-electron chi connectivity index (χ1n) is 8.34. The summed E-state index contributed by atoms with van der Waals surface area (Å²) in [5.41, 5.74) is 2.93. The molecule has 1 N–H and O–H groups in total. The minimum absolute atomic E-state index is 0.131. The molecular formula is C19H17NO6. The van der Waals surface area contributed by atoms with Crippen LogP contribution >= 0.6 is 0 Å². The number of aliphatic hydroxyl groups is 1. The Bertz CT molecular complexity index is 952. The Hall–Kier alpha value is -2.93. The third-order valence-corrected chi connectivity index (χ3v) is 4.91. The number of rotatable bonds is 2. The number of ether oxygens (including phenoxy) is 5. The van der Waals surface area contributed by atoms with E-state index in [-0.39, 0.29) is 6.79 Å². The molecule has 0 radical (unpaired) electrons. The number of nitrogens with zero attached hydrogens (tertiary/aromatic N) is 1. The molecule has 1 atom stereocenters. The van der Waals surface area contributed by atoms with Gasteiger partial charge in [-0.1, -0.05) is 0 Å². The Kier molecular flexibility index (Phi) is 3.27. The van der Waals surface area contributed by atoms with Crippen LogP contribution in [0.4, 0.5) is 0 Å². The lowest BCUT2D eigenvalue weighted by molar-refractivity contribution is 0.171. The first-order chi connectivity index (χ1) is 12.7. The molecule has 134 valence electrons. The first kappa shape index (κ1) is 15.3. The zero-order valence-electron chi connectivity index (χ0n) is 14.4. The molecule has 5 rings (SSSR count). The second-order valence-electron chi connectivity index (χ2n) is 6.21. The van der Waals surface area contributed by atoms with Crippen LogP contribution in [-0.2, 0) is 6.42 Å². The number of aliphatic imine (C=N–C) groups is 1. The lowest BCUT2D eigenvalue weighted by atomic mass is 9.91. The van der Waals surface area contributed by atoms with E-state index in [1.165, 1.54) is 7.11 Å². The van der Waals surface area contributed by atoms with E-state index in [2.05, 4.69) is 4.99 Å². The summed E-state index contributed by atoms with van der Waals surface area (Å²) in [5, 5.41) is 11.1. The summed E-state index contributed by atoms with van der Waals surface area (Å²) >= 11 is 0. The first-order valence-corrected chi connectivity index (χ1v) is 8.34. The van der Waals surface area contributed by atoms with Crippen molar-refractivity contribution in [1.29, 1.82) is 0 Å². The third kappa shape index (κ3) is 1.94. The van der Waals surface area contributed by atoms with E-state index in [1.54, 1.807) is 19.2 Å². The maximum Gasteiger partial charge on any atom is 0.231 e. The highest BCUT2D eigenvalue weighted by atomic mass is 16.7. The monoisotopic (exact) mass is 355 g/mol. The molecule has 2 aromatic carbocycles. The maximum absolute atomic E-state index is 11.1. The van der Waals surface area contributed by atoms with E-state index in [9.17, 15) is 5.11 Å². The molecule has 0 unspecified atom stereocenters. The van der Waals surface area contributed by atoms with Gasteiger partial charge in [-0.25, -0.2) is 0 Å². The summed E-state index contributed by atoms with van der Waals surface area (Å²) in [6.07, 6.45) is -0.194. The molecular weight excluding hydrogens is 338 g/mol. The summed E-state index contributed by atoms with van der Waals surface area (Å²) in [6, 6.07) is 5.45. The van der Waals surface area contributed by atoms with Crippen molar-refractivity contribution < 1.29 is 28.8 Å². The Morgan fingerprint density at radius 1 is 1.12 bits per heavy atom. The van der Waals surface area contributed by atoms with Gasteiger partial charge in [-0.15, -0.1) is 0 Å². The van der Waals surface area contributed by atoms with E-state index in [1.807, 2.05) is 6.07 Å². The Balaban J connectivity index is 1.83. The number of methoxy groups -OCH3 is 2. The highest BCUT2D eigenvalue weighted by Crippen LogP contribution is 2.54. The molecule has 2 aromatic rings. The molecule has 7 nitrogen and oxygen atoms in total. The van der Waals surface area contributed by atoms with Gasteiger partial charge in [-0.05, 0) is 30.2 Å². The van der Waals surface area contributed by atoms with Crippen molar-refractivity contribution in [2.24, 2.45) is 4.99 Å². The third-order valence-electron chi connectivity index (χ3n) is 4.91. The van der Waals surface area contributed by atoms with Crippen LogP contribution in [0.3, 0.4) is 0 Å². The van der Waals surface area contributed by atoms with Gasteiger partial charge in [-0.3, -0.25) is 4.99 Å². The number of benzene rings is 2. The van der Waals surface area contributed by atoms with Crippen molar-refractivity contribution in [3.63, 3.8) is 0 Å². The summed E-state index contributed by atoms with van der Waals surface area (Å²) in [7, 11) is 3.09. The lowest BCUT2D eigenvalue weighted by Crippen LogP contribution is -2.19. The molecule has 26 heavy (non-hydrogen) atoms. The minimum atomic E-state index is -0.939. The van der Waals surface area contributed by atoms with Gasteiger partial charge in [-0.2, -0.15) is 0 Å². The molecule has 0 saturated heterocycles. The predicted molar refractivity (Wildman–Crippen MR) is 92.3 cm³/mol. The van der Waals surface area contributed by atoms with Crippen LogP contribution in [0.25, 0.3) is 0 Å². The molecule has 0 aliphatic carbocycles. The molecule has 0 amide bonds. The quantitative estimate of drug-likeness (QED) is 0.892. The van der Waals surface area contributed by atoms with Crippen LogP contribution in [0.2, 0.25) is 0 Å². The van der Waals surface area contributed by atoms with Gasteiger partial charge in [0.05, 0.1) is 19.9 Å². The lowest BCUT2D eigenvalue weighted by Gasteiger charge is -2.20. The van der Waals surface area contributed by atoms with Gasteiger partial charge < -0.3 is 28.8 Å². The fourth-order valence-electron chi connectivity index (χ4n) is 3.72. The average molecular weight is 355 g/mol. The zero-order chi connectivity index (χ0) is 17.8. The Morgan fingerprint density at radius 2 is 2.00 bits per heavy atom. The molecule has 7 heteroatoms. The molecule has 3 aliphatic heterocycles. The van der Waals surface area contributed by atoms with E-state index in [0.29, 0.717) is 52.3 Å². The minimum Gasteiger partial charge on any atom is -0.493 e. The second kappa shape index (κ2) is 5.54. The van der Waals surface area contributed by atoms with Gasteiger partial charge in [0.2, 0.25) is 18.3 Å². The predicted octanol–water partition coefficient (Wildman–Crippen LogP) is 2.62. The Labute approximate surface area is 149 Å². The van der Waals surface area contributed by atoms with Gasteiger partial charge >= 0.3 is 0 Å². The molecule has 0 fully saturated rings. The van der Waals surface area contributed by atoms with Crippen molar-refractivity contribution >= 4 is 5.71 Å². The molecule has 0 saturated carbocycles.